The van der Waals surface area contributed by atoms with Crippen LogP contribution in [0.3, 0.4) is 0 Å². The molecule has 118 valence electrons. The highest BCUT2D eigenvalue weighted by Crippen LogP contribution is 2.08. The molecule has 5 heteroatoms. The molecule has 0 heterocycles. The molecule has 0 aromatic heterocycles. The lowest BCUT2D eigenvalue weighted by Crippen LogP contribution is -2.38. The number of halogens is 1. The average Bonchev–Trinajstić information content (AvgIpc) is 2.46. The van der Waals surface area contributed by atoms with Crippen molar-refractivity contribution >= 4 is 5.91 Å². The highest BCUT2D eigenvalue weighted by atomic mass is 19.1. The Morgan fingerprint density at radius 3 is 2.76 bits per heavy atom. The summed E-state index contributed by atoms with van der Waals surface area (Å²) in [5, 5.41) is 11.8. The lowest BCUT2D eigenvalue weighted by Gasteiger charge is -2.20. The predicted molar refractivity (Wildman–Crippen MR) is 81.4 cm³/mol. The van der Waals surface area contributed by atoms with E-state index in [1.807, 2.05) is 4.90 Å². The Labute approximate surface area is 126 Å². The number of aryl methyl sites for hydroxylation is 1. The topological polar surface area (TPSA) is 52.6 Å². The molecule has 1 rings (SSSR count). The Morgan fingerprint density at radius 2 is 2.14 bits per heavy atom. The predicted octanol–water partition coefficient (Wildman–Crippen LogP) is 1.84. The van der Waals surface area contributed by atoms with Crippen molar-refractivity contribution in [2.75, 3.05) is 26.2 Å². The molecule has 0 atom stereocenters. The van der Waals surface area contributed by atoms with E-state index in [2.05, 4.69) is 12.2 Å². The first kappa shape index (κ1) is 17.6. The molecule has 1 amide bonds. The second-order valence-electron chi connectivity index (χ2n) is 5.21. The summed E-state index contributed by atoms with van der Waals surface area (Å²) in [5.74, 6) is -0.319. The number of carbonyl (C=O) groups is 1. The molecular formula is C16H25FN2O2. The highest BCUT2D eigenvalue weighted by molar-refractivity contribution is 5.78. The van der Waals surface area contributed by atoms with Crippen LogP contribution in [0.2, 0.25) is 0 Å². The number of amides is 1. The molecule has 21 heavy (non-hydrogen) atoms. The van der Waals surface area contributed by atoms with Gasteiger partial charge in [0.1, 0.15) is 5.82 Å². The third-order valence-corrected chi connectivity index (χ3v) is 3.32. The first-order valence-corrected chi connectivity index (χ1v) is 7.41. The van der Waals surface area contributed by atoms with E-state index in [1.54, 1.807) is 19.1 Å². The molecule has 0 saturated heterocycles. The number of rotatable bonds is 9. The maximum absolute atomic E-state index is 13.2. The van der Waals surface area contributed by atoms with Gasteiger partial charge in [0.05, 0.1) is 13.2 Å². The Balaban J connectivity index is 2.42. The quantitative estimate of drug-likeness (QED) is 0.731. The molecule has 0 saturated carbocycles. The number of carbonyl (C=O) groups excluding carboxylic acids is 1. The molecule has 0 spiro atoms. The van der Waals surface area contributed by atoms with Gasteiger partial charge in [-0.25, -0.2) is 4.39 Å². The van der Waals surface area contributed by atoms with Gasteiger partial charge in [-0.05, 0) is 37.1 Å². The largest absolute Gasteiger partial charge is 0.395 e. The van der Waals surface area contributed by atoms with Gasteiger partial charge in [0.15, 0.2) is 0 Å². The van der Waals surface area contributed by atoms with Crippen LogP contribution in [-0.4, -0.2) is 42.2 Å². The third kappa shape index (κ3) is 6.69. The van der Waals surface area contributed by atoms with E-state index in [4.69, 9.17) is 5.11 Å². The van der Waals surface area contributed by atoms with Crippen LogP contribution in [0.1, 0.15) is 30.9 Å². The summed E-state index contributed by atoms with van der Waals surface area (Å²) in [6.07, 6.45) is 2.06. The average molecular weight is 296 g/mol. The highest BCUT2D eigenvalue weighted by Gasteiger charge is 2.09. The fourth-order valence-corrected chi connectivity index (χ4v) is 2.07. The summed E-state index contributed by atoms with van der Waals surface area (Å²) in [6, 6.07) is 4.82. The number of nitrogens with zero attached hydrogens (tertiary/aromatic N) is 1. The number of benzene rings is 1. The number of hydrogen-bond acceptors (Lipinski definition) is 3. The second kappa shape index (κ2) is 9.47. The van der Waals surface area contributed by atoms with Gasteiger partial charge in [-0.3, -0.25) is 9.69 Å². The molecule has 0 fully saturated rings. The minimum atomic E-state index is -0.237. The van der Waals surface area contributed by atoms with Gasteiger partial charge >= 0.3 is 0 Å². The number of unbranched alkanes of at least 4 members (excludes halogenated alkanes) is 1. The number of aliphatic hydroxyl groups is 1. The van der Waals surface area contributed by atoms with E-state index in [0.29, 0.717) is 18.7 Å². The Bertz CT molecular complexity index is 452. The van der Waals surface area contributed by atoms with Crippen molar-refractivity contribution < 1.29 is 14.3 Å². The zero-order valence-corrected chi connectivity index (χ0v) is 12.9. The summed E-state index contributed by atoms with van der Waals surface area (Å²) < 4.78 is 13.2. The smallest absolute Gasteiger partial charge is 0.234 e. The van der Waals surface area contributed by atoms with Crippen molar-refractivity contribution in [1.82, 2.24) is 10.2 Å². The van der Waals surface area contributed by atoms with Crippen molar-refractivity contribution in [2.24, 2.45) is 0 Å². The Morgan fingerprint density at radius 1 is 1.38 bits per heavy atom. The fraction of sp³-hybridized carbons (Fsp3) is 0.562. The summed E-state index contributed by atoms with van der Waals surface area (Å²) >= 11 is 0. The summed E-state index contributed by atoms with van der Waals surface area (Å²) in [5.41, 5.74) is 1.45. The van der Waals surface area contributed by atoms with Crippen molar-refractivity contribution in [3.8, 4) is 0 Å². The van der Waals surface area contributed by atoms with Crippen molar-refractivity contribution in [1.29, 1.82) is 0 Å². The maximum Gasteiger partial charge on any atom is 0.234 e. The minimum Gasteiger partial charge on any atom is -0.395 e. The molecule has 0 bridgehead atoms. The van der Waals surface area contributed by atoms with E-state index in [0.717, 1.165) is 24.9 Å². The van der Waals surface area contributed by atoms with E-state index < -0.39 is 0 Å². The normalized spacial score (nSPS) is 10.9. The first-order chi connectivity index (χ1) is 10.1. The van der Waals surface area contributed by atoms with Crippen LogP contribution in [0.15, 0.2) is 18.2 Å². The van der Waals surface area contributed by atoms with Gasteiger partial charge in [0, 0.05) is 13.1 Å². The molecule has 4 nitrogen and oxygen atoms in total. The maximum atomic E-state index is 13.2. The third-order valence-electron chi connectivity index (χ3n) is 3.32. The van der Waals surface area contributed by atoms with Gasteiger partial charge in [-0.2, -0.15) is 0 Å². The van der Waals surface area contributed by atoms with Crippen molar-refractivity contribution in [3.05, 3.63) is 35.1 Å². The van der Waals surface area contributed by atoms with Gasteiger partial charge in [0.25, 0.3) is 0 Å². The molecule has 1 aromatic carbocycles. The van der Waals surface area contributed by atoms with Crippen LogP contribution in [0.5, 0.6) is 0 Å². The van der Waals surface area contributed by atoms with E-state index in [-0.39, 0.29) is 24.9 Å². The fourth-order valence-electron chi connectivity index (χ4n) is 2.07. The van der Waals surface area contributed by atoms with Crippen LogP contribution < -0.4 is 5.32 Å². The lowest BCUT2D eigenvalue weighted by molar-refractivity contribution is -0.122. The molecule has 0 aliphatic carbocycles. The van der Waals surface area contributed by atoms with Crippen molar-refractivity contribution in [3.63, 3.8) is 0 Å². The first-order valence-electron chi connectivity index (χ1n) is 7.41. The van der Waals surface area contributed by atoms with Crippen LogP contribution in [0.25, 0.3) is 0 Å². The van der Waals surface area contributed by atoms with Crippen molar-refractivity contribution in [2.45, 2.75) is 33.2 Å². The number of hydrogen-bond donors (Lipinski definition) is 2. The lowest BCUT2D eigenvalue weighted by atomic mass is 10.1. The number of aliphatic hydroxyl groups excluding tert-OH is 1. The zero-order valence-electron chi connectivity index (χ0n) is 12.9. The van der Waals surface area contributed by atoms with Gasteiger partial charge in [-0.15, -0.1) is 0 Å². The molecule has 1 aromatic rings. The van der Waals surface area contributed by atoms with Gasteiger partial charge in [0.2, 0.25) is 5.91 Å². The Hall–Kier alpha value is -1.46. The van der Waals surface area contributed by atoms with Gasteiger partial charge in [-0.1, -0.05) is 25.5 Å². The van der Waals surface area contributed by atoms with E-state index in [9.17, 15) is 9.18 Å². The van der Waals surface area contributed by atoms with E-state index in [1.165, 1.54) is 6.07 Å². The summed E-state index contributed by atoms with van der Waals surface area (Å²) in [7, 11) is 0. The van der Waals surface area contributed by atoms with Crippen LogP contribution in [-0.2, 0) is 11.3 Å². The van der Waals surface area contributed by atoms with Crippen LogP contribution in [0, 0.1) is 12.7 Å². The SMILES string of the molecule is CCCCN(CCO)CC(=O)NCc1ccc(F)c(C)c1. The second-order valence-corrected chi connectivity index (χ2v) is 5.21. The molecule has 0 radical (unpaired) electrons. The number of nitrogens with one attached hydrogen (secondary N) is 1. The van der Waals surface area contributed by atoms with E-state index >= 15 is 0 Å². The zero-order chi connectivity index (χ0) is 15.7. The molecular weight excluding hydrogens is 271 g/mol. The molecule has 2 N–H and O–H groups in total. The molecule has 0 unspecified atom stereocenters. The summed E-state index contributed by atoms with van der Waals surface area (Å²) in [4.78, 5) is 13.8. The minimum absolute atomic E-state index is 0.0498. The monoisotopic (exact) mass is 296 g/mol. The molecule has 0 aliphatic rings. The van der Waals surface area contributed by atoms with Crippen LogP contribution >= 0.6 is 0 Å². The van der Waals surface area contributed by atoms with Crippen LogP contribution in [0.4, 0.5) is 4.39 Å². The standard InChI is InChI=1S/C16H25FN2O2/c1-3-4-7-19(8-9-20)12-16(21)18-11-14-5-6-15(17)13(2)10-14/h5-6,10,20H,3-4,7-9,11-12H2,1-2H3,(H,18,21). The Kier molecular flexibility index (Phi) is 7.93. The molecule has 0 aliphatic heterocycles. The summed E-state index contributed by atoms with van der Waals surface area (Å²) in [6.45, 7) is 5.82. The van der Waals surface area contributed by atoms with Gasteiger partial charge < -0.3 is 10.4 Å².